The summed E-state index contributed by atoms with van der Waals surface area (Å²) in [5.41, 5.74) is 3.57. The maximum atomic E-state index is 12.7. The lowest BCUT2D eigenvalue weighted by Gasteiger charge is -2.21. The topological polar surface area (TPSA) is 70.7 Å². The van der Waals surface area contributed by atoms with Crippen LogP contribution in [0, 0.1) is 0 Å². The third-order valence-corrected chi connectivity index (χ3v) is 4.84. The van der Waals surface area contributed by atoms with E-state index in [1.165, 1.54) is 6.92 Å². The van der Waals surface area contributed by atoms with Gasteiger partial charge in [-0.2, -0.15) is 0 Å². The van der Waals surface area contributed by atoms with Crippen LogP contribution in [0.15, 0.2) is 71.3 Å². The predicted molar refractivity (Wildman–Crippen MR) is 122 cm³/mol. The zero-order chi connectivity index (χ0) is 22.9. The normalized spacial score (nSPS) is 11.5. The van der Waals surface area contributed by atoms with Crippen molar-refractivity contribution in [3.8, 4) is 28.3 Å². The van der Waals surface area contributed by atoms with Crippen molar-refractivity contribution in [1.82, 2.24) is 4.57 Å². The first-order valence-electron chi connectivity index (χ1n) is 10.4. The second kappa shape index (κ2) is 8.38. The zero-order valence-electron chi connectivity index (χ0n) is 18.5. The maximum absolute atomic E-state index is 12.7. The number of hydrogen-bond acceptors (Lipinski definition) is 5. The average molecular weight is 431 g/mol. The highest BCUT2D eigenvalue weighted by molar-refractivity contribution is 5.95. The van der Waals surface area contributed by atoms with Crippen molar-refractivity contribution >= 4 is 22.9 Å². The van der Waals surface area contributed by atoms with Crippen LogP contribution in [0.2, 0.25) is 0 Å². The SMILES string of the molecule is CC(=O)Oc1ccc2c(-c3ccc(-c4ccccc4)n3CC(=O)OC(C)(C)C)coc2c1. The molecule has 0 aliphatic carbocycles. The van der Waals surface area contributed by atoms with Crippen LogP contribution in [-0.2, 0) is 20.9 Å². The molecule has 0 saturated carbocycles. The Morgan fingerprint density at radius 1 is 0.969 bits per heavy atom. The maximum Gasteiger partial charge on any atom is 0.326 e. The Bertz CT molecular complexity index is 1270. The van der Waals surface area contributed by atoms with Gasteiger partial charge in [0, 0.05) is 29.6 Å². The van der Waals surface area contributed by atoms with E-state index in [1.54, 1.807) is 18.4 Å². The number of ether oxygens (including phenoxy) is 2. The Hall–Kier alpha value is -3.80. The fraction of sp³-hybridized carbons (Fsp3) is 0.231. The minimum Gasteiger partial charge on any atom is -0.463 e. The van der Waals surface area contributed by atoms with Gasteiger partial charge >= 0.3 is 11.9 Å². The monoisotopic (exact) mass is 431 g/mol. The number of nitrogens with zero attached hydrogens (tertiary/aromatic N) is 1. The van der Waals surface area contributed by atoms with E-state index >= 15 is 0 Å². The molecule has 4 rings (SSSR count). The summed E-state index contributed by atoms with van der Waals surface area (Å²) in [5.74, 6) is -0.299. The highest BCUT2D eigenvalue weighted by Crippen LogP contribution is 2.36. The summed E-state index contributed by atoms with van der Waals surface area (Å²) in [6.07, 6.45) is 1.65. The van der Waals surface area contributed by atoms with Crippen molar-refractivity contribution in [2.24, 2.45) is 0 Å². The van der Waals surface area contributed by atoms with E-state index in [9.17, 15) is 9.59 Å². The summed E-state index contributed by atoms with van der Waals surface area (Å²) in [4.78, 5) is 24.0. The first-order chi connectivity index (χ1) is 15.2. The number of carbonyl (C=O) groups is 2. The number of rotatable bonds is 5. The van der Waals surface area contributed by atoms with Gasteiger partial charge in [0.2, 0.25) is 0 Å². The van der Waals surface area contributed by atoms with Crippen LogP contribution >= 0.6 is 0 Å². The molecule has 6 heteroatoms. The van der Waals surface area contributed by atoms with E-state index in [0.717, 1.165) is 27.9 Å². The second-order valence-corrected chi connectivity index (χ2v) is 8.54. The molecule has 2 aromatic carbocycles. The van der Waals surface area contributed by atoms with Gasteiger partial charge in [-0.1, -0.05) is 30.3 Å². The molecule has 0 fully saturated rings. The Morgan fingerprint density at radius 2 is 1.69 bits per heavy atom. The Balaban J connectivity index is 1.79. The van der Waals surface area contributed by atoms with Crippen LogP contribution < -0.4 is 4.74 Å². The largest absolute Gasteiger partial charge is 0.463 e. The van der Waals surface area contributed by atoms with Gasteiger partial charge in [-0.25, -0.2) is 0 Å². The smallest absolute Gasteiger partial charge is 0.326 e. The zero-order valence-corrected chi connectivity index (χ0v) is 18.5. The van der Waals surface area contributed by atoms with E-state index in [0.29, 0.717) is 11.3 Å². The molecule has 0 aliphatic rings. The molecule has 0 spiro atoms. The fourth-order valence-electron chi connectivity index (χ4n) is 3.67. The lowest BCUT2D eigenvalue weighted by molar-refractivity contribution is -0.155. The summed E-state index contributed by atoms with van der Waals surface area (Å²) in [7, 11) is 0. The molecule has 0 unspecified atom stereocenters. The Labute approximate surface area is 186 Å². The van der Waals surface area contributed by atoms with E-state index in [-0.39, 0.29) is 12.5 Å². The number of benzene rings is 2. The van der Waals surface area contributed by atoms with E-state index in [2.05, 4.69) is 0 Å². The third-order valence-electron chi connectivity index (χ3n) is 4.84. The van der Waals surface area contributed by atoms with Gasteiger partial charge < -0.3 is 18.5 Å². The second-order valence-electron chi connectivity index (χ2n) is 8.54. The van der Waals surface area contributed by atoms with Crippen molar-refractivity contribution in [2.75, 3.05) is 0 Å². The van der Waals surface area contributed by atoms with Crippen LogP contribution in [0.1, 0.15) is 27.7 Å². The number of aromatic nitrogens is 1. The number of hydrogen-bond donors (Lipinski definition) is 0. The van der Waals surface area contributed by atoms with Crippen molar-refractivity contribution in [3.05, 3.63) is 66.9 Å². The van der Waals surface area contributed by atoms with Crippen LogP contribution in [0.25, 0.3) is 33.5 Å². The number of carbonyl (C=O) groups excluding carboxylic acids is 2. The number of esters is 2. The first kappa shape index (κ1) is 21.4. The molecule has 32 heavy (non-hydrogen) atoms. The Morgan fingerprint density at radius 3 is 2.38 bits per heavy atom. The minimum atomic E-state index is -0.577. The van der Waals surface area contributed by atoms with Gasteiger partial charge in [0.15, 0.2) is 0 Å². The predicted octanol–water partition coefficient (Wildman–Crippen LogP) is 5.84. The number of furan rings is 1. The summed E-state index contributed by atoms with van der Waals surface area (Å²) < 4.78 is 18.4. The van der Waals surface area contributed by atoms with Crippen LogP contribution in [0.3, 0.4) is 0 Å². The average Bonchev–Trinajstić information content (AvgIpc) is 3.30. The fourth-order valence-corrected chi connectivity index (χ4v) is 3.67. The molecule has 0 bridgehead atoms. The molecule has 164 valence electrons. The highest BCUT2D eigenvalue weighted by Gasteiger charge is 2.21. The van der Waals surface area contributed by atoms with Gasteiger partial charge in [-0.15, -0.1) is 0 Å². The first-order valence-corrected chi connectivity index (χ1v) is 10.4. The highest BCUT2D eigenvalue weighted by atomic mass is 16.6. The molecular weight excluding hydrogens is 406 g/mol. The van der Waals surface area contributed by atoms with E-state index in [4.69, 9.17) is 13.9 Å². The summed E-state index contributed by atoms with van der Waals surface area (Å²) in [5, 5.41) is 0.851. The minimum absolute atomic E-state index is 0.0576. The molecule has 0 amide bonds. The van der Waals surface area contributed by atoms with Crippen LogP contribution in [-0.4, -0.2) is 22.1 Å². The molecule has 0 radical (unpaired) electrons. The molecule has 2 heterocycles. The molecule has 4 aromatic rings. The quantitative estimate of drug-likeness (QED) is 0.293. The lowest BCUT2D eigenvalue weighted by Crippen LogP contribution is -2.26. The van der Waals surface area contributed by atoms with E-state index in [1.807, 2.05) is 73.9 Å². The van der Waals surface area contributed by atoms with Gasteiger partial charge in [0.1, 0.15) is 29.7 Å². The molecule has 0 aliphatic heterocycles. The molecule has 0 N–H and O–H groups in total. The summed E-state index contributed by atoms with van der Waals surface area (Å²) >= 11 is 0. The van der Waals surface area contributed by atoms with Gasteiger partial charge in [0.25, 0.3) is 0 Å². The van der Waals surface area contributed by atoms with Crippen LogP contribution in [0.5, 0.6) is 5.75 Å². The summed E-state index contributed by atoms with van der Waals surface area (Å²) in [6, 6.07) is 19.1. The van der Waals surface area contributed by atoms with Gasteiger partial charge in [0.05, 0.1) is 5.69 Å². The molecule has 2 aromatic heterocycles. The van der Waals surface area contributed by atoms with Crippen molar-refractivity contribution in [1.29, 1.82) is 0 Å². The van der Waals surface area contributed by atoms with Gasteiger partial charge in [-0.05, 0) is 50.6 Å². The number of fused-ring (bicyclic) bond motifs is 1. The standard InChI is InChI=1S/C26H25NO5/c1-17(28)31-19-10-11-20-21(16-30-24(20)14-19)23-13-12-22(18-8-6-5-7-9-18)27(23)15-25(29)32-26(2,3)4/h5-14,16H,15H2,1-4H3. The Kier molecular flexibility index (Phi) is 5.61. The van der Waals surface area contributed by atoms with Crippen molar-refractivity contribution in [3.63, 3.8) is 0 Å². The molecule has 0 saturated heterocycles. The lowest BCUT2D eigenvalue weighted by atomic mass is 10.1. The molecule has 0 atom stereocenters. The third kappa shape index (κ3) is 4.59. The molecular formula is C26H25NO5. The van der Waals surface area contributed by atoms with Gasteiger partial charge in [-0.3, -0.25) is 9.59 Å². The summed E-state index contributed by atoms with van der Waals surface area (Å²) in [6.45, 7) is 6.96. The molecule has 6 nitrogen and oxygen atoms in total. The van der Waals surface area contributed by atoms with Crippen molar-refractivity contribution in [2.45, 2.75) is 39.8 Å². The van der Waals surface area contributed by atoms with Crippen LogP contribution in [0.4, 0.5) is 0 Å². The van der Waals surface area contributed by atoms with E-state index < -0.39 is 11.6 Å². The van der Waals surface area contributed by atoms with Crippen molar-refractivity contribution < 1.29 is 23.5 Å².